The molecule has 4 heteroatoms. The third-order valence-electron chi connectivity index (χ3n) is 2.76. The van der Waals surface area contributed by atoms with Crippen LogP contribution in [-0.4, -0.2) is 9.97 Å². The Kier molecular flexibility index (Phi) is 3.33. The molecule has 1 aromatic heterocycles. The first-order valence-electron chi connectivity index (χ1n) is 5.69. The second-order valence-electron chi connectivity index (χ2n) is 3.94. The molecule has 2 rings (SSSR count). The molecule has 1 aromatic carbocycles. The summed E-state index contributed by atoms with van der Waals surface area (Å²) in [4.78, 5) is 8.53. The lowest BCUT2D eigenvalue weighted by Gasteiger charge is -2.07. The lowest BCUT2D eigenvalue weighted by atomic mass is 10.1. The van der Waals surface area contributed by atoms with Crippen molar-refractivity contribution in [3.63, 3.8) is 0 Å². The molecule has 1 heterocycles. The van der Waals surface area contributed by atoms with Crippen LogP contribution in [0.25, 0.3) is 11.4 Å². The fraction of sp³-hybridized carbons (Fsp3) is 0.214. The molecule has 0 fully saturated rings. The topological polar surface area (TPSA) is 49.6 Å². The summed E-state index contributed by atoms with van der Waals surface area (Å²) in [6, 6.07) is 8.12. The molecule has 0 saturated heterocycles. The minimum atomic E-state index is -0.341. The molecule has 2 aromatic rings. The van der Waals surface area contributed by atoms with Crippen molar-refractivity contribution in [2.24, 2.45) is 0 Å². The largest absolute Gasteiger partial charge is 0.233 e. The third kappa shape index (κ3) is 2.21. The summed E-state index contributed by atoms with van der Waals surface area (Å²) in [6.45, 7) is 3.79. The normalized spacial score (nSPS) is 10.1. The molecule has 0 unspecified atom stereocenters. The van der Waals surface area contributed by atoms with Crippen LogP contribution >= 0.6 is 0 Å². The van der Waals surface area contributed by atoms with E-state index >= 15 is 0 Å². The van der Waals surface area contributed by atoms with Gasteiger partial charge in [0.05, 0.1) is 0 Å². The first kappa shape index (κ1) is 12.2. The van der Waals surface area contributed by atoms with E-state index in [9.17, 15) is 4.39 Å². The highest BCUT2D eigenvalue weighted by molar-refractivity contribution is 5.56. The van der Waals surface area contributed by atoms with Crippen molar-refractivity contribution in [1.82, 2.24) is 9.97 Å². The third-order valence-corrected chi connectivity index (χ3v) is 2.76. The van der Waals surface area contributed by atoms with Gasteiger partial charge in [0.2, 0.25) is 0 Å². The molecule has 0 aliphatic heterocycles. The van der Waals surface area contributed by atoms with Crippen LogP contribution in [-0.2, 0) is 6.42 Å². The van der Waals surface area contributed by atoms with E-state index in [0.29, 0.717) is 23.5 Å². The number of benzene rings is 1. The molecule has 0 saturated carbocycles. The van der Waals surface area contributed by atoms with Gasteiger partial charge in [0, 0.05) is 16.8 Å². The Labute approximate surface area is 105 Å². The molecule has 0 radical (unpaired) electrons. The first-order chi connectivity index (χ1) is 8.65. The van der Waals surface area contributed by atoms with Gasteiger partial charge >= 0.3 is 0 Å². The minimum Gasteiger partial charge on any atom is -0.233 e. The fourth-order valence-electron chi connectivity index (χ4n) is 1.87. The van der Waals surface area contributed by atoms with Crippen LogP contribution in [0.15, 0.2) is 24.3 Å². The van der Waals surface area contributed by atoms with Gasteiger partial charge in [0.25, 0.3) is 0 Å². The summed E-state index contributed by atoms with van der Waals surface area (Å²) in [5, 5.41) is 9.09. The van der Waals surface area contributed by atoms with Crippen LogP contribution < -0.4 is 0 Å². The van der Waals surface area contributed by atoms with E-state index in [1.54, 1.807) is 12.1 Å². The second-order valence-corrected chi connectivity index (χ2v) is 3.94. The molecule has 0 N–H and O–H groups in total. The van der Waals surface area contributed by atoms with E-state index < -0.39 is 0 Å². The molecule has 0 bridgehead atoms. The van der Waals surface area contributed by atoms with Crippen LogP contribution in [0.1, 0.15) is 23.9 Å². The average molecular weight is 241 g/mol. The minimum absolute atomic E-state index is 0.341. The molecule has 0 atom stereocenters. The smallest absolute Gasteiger partial charge is 0.160 e. The SMILES string of the molecule is CCc1c(C)nc(-c2cccc(F)c2)nc1C#N. The number of aryl methyl sites for hydroxylation is 1. The number of nitriles is 1. The van der Waals surface area contributed by atoms with Crippen LogP contribution in [0.4, 0.5) is 4.39 Å². The van der Waals surface area contributed by atoms with Gasteiger partial charge in [-0.05, 0) is 25.5 Å². The Morgan fingerprint density at radius 1 is 1.33 bits per heavy atom. The quantitative estimate of drug-likeness (QED) is 0.812. The van der Waals surface area contributed by atoms with Gasteiger partial charge in [-0.25, -0.2) is 14.4 Å². The highest BCUT2D eigenvalue weighted by atomic mass is 19.1. The molecular formula is C14H12FN3. The second kappa shape index (κ2) is 4.92. The maximum Gasteiger partial charge on any atom is 0.160 e. The highest BCUT2D eigenvalue weighted by Gasteiger charge is 2.11. The standard InChI is InChI=1S/C14H12FN3/c1-3-12-9(2)17-14(18-13(12)8-16)10-5-4-6-11(15)7-10/h4-7H,3H2,1-2H3. The van der Waals surface area contributed by atoms with E-state index in [1.165, 1.54) is 12.1 Å². The fourth-order valence-corrected chi connectivity index (χ4v) is 1.87. The van der Waals surface area contributed by atoms with E-state index in [0.717, 1.165) is 11.3 Å². The van der Waals surface area contributed by atoms with Crippen molar-refractivity contribution >= 4 is 0 Å². The average Bonchev–Trinajstić information content (AvgIpc) is 2.37. The van der Waals surface area contributed by atoms with Gasteiger partial charge in [-0.2, -0.15) is 5.26 Å². The molecule has 18 heavy (non-hydrogen) atoms. The number of rotatable bonds is 2. The van der Waals surface area contributed by atoms with Crippen LogP contribution in [0.2, 0.25) is 0 Å². The Bertz CT molecular complexity index is 629. The zero-order valence-corrected chi connectivity index (χ0v) is 10.2. The summed E-state index contributed by atoms with van der Waals surface area (Å²) in [7, 11) is 0. The molecule has 0 aliphatic rings. The maximum absolute atomic E-state index is 13.2. The molecule has 3 nitrogen and oxygen atoms in total. The van der Waals surface area contributed by atoms with Gasteiger partial charge in [-0.1, -0.05) is 19.1 Å². The van der Waals surface area contributed by atoms with Crippen molar-refractivity contribution in [1.29, 1.82) is 5.26 Å². The number of hydrogen-bond acceptors (Lipinski definition) is 3. The van der Waals surface area contributed by atoms with Crippen LogP contribution in [0.5, 0.6) is 0 Å². The molecule has 0 spiro atoms. The van der Waals surface area contributed by atoms with Crippen molar-refractivity contribution in [2.45, 2.75) is 20.3 Å². The Hall–Kier alpha value is -2.28. The summed E-state index contributed by atoms with van der Waals surface area (Å²) >= 11 is 0. The van der Waals surface area contributed by atoms with E-state index in [-0.39, 0.29) is 5.82 Å². The zero-order valence-electron chi connectivity index (χ0n) is 10.2. The maximum atomic E-state index is 13.2. The predicted octanol–water partition coefficient (Wildman–Crippen LogP) is 3.03. The van der Waals surface area contributed by atoms with E-state index in [2.05, 4.69) is 16.0 Å². The first-order valence-corrected chi connectivity index (χ1v) is 5.69. The number of hydrogen-bond donors (Lipinski definition) is 0. The van der Waals surface area contributed by atoms with Gasteiger partial charge in [-0.3, -0.25) is 0 Å². The van der Waals surface area contributed by atoms with Gasteiger partial charge in [0.1, 0.15) is 17.6 Å². The summed E-state index contributed by atoms with van der Waals surface area (Å²) in [5.41, 5.74) is 2.56. The van der Waals surface area contributed by atoms with E-state index in [1.807, 2.05) is 13.8 Å². The summed E-state index contributed by atoms with van der Waals surface area (Å²) < 4.78 is 13.2. The van der Waals surface area contributed by atoms with Gasteiger partial charge in [-0.15, -0.1) is 0 Å². The predicted molar refractivity (Wildman–Crippen MR) is 66.3 cm³/mol. The van der Waals surface area contributed by atoms with Crippen molar-refractivity contribution in [2.75, 3.05) is 0 Å². The number of aromatic nitrogens is 2. The van der Waals surface area contributed by atoms with Crippen molar-refractivity contribution in [3.05, 3.63) is 47.0 Å². The zero-order chi connectivity index (χ0) is 13.1. The monoisotopic (exact) mass is 241 g/mol. The van der Waals surface area contributed by atoms with Crippen molar-refractivity contribution in [3.8, 4) is 17.5 Å². The van der Waals surface area contributed by atoms with Crippen LogP contribution in [0.3, 0.4) is 0 Å². The summed E-state index contributed by atoms with van der Waals surface area (Å²) in [6.07, 6.45) is 0.707. The Morgan fingerprint density at radius 3 is 2.72 bits per heavy atom. The van der Waals surface area contributed by atoms with Gasteiger partial charge < -0.3 is 0 Å². The van der Waals surface area contributed by atoms with Crippen LogP contribution in [0, 0.1) is 24.1 Å². The lowest BCUT2D eigenvalue weighted by molar-refractivity contribution is 0.628. The Balaban J connectivity index is 2.61. The van der Waals surface area contributed by atoms with E-state index in [4.69, 9.17) is 5.26 Å². The Morgan fingerprint density at radius 2 is 2.11 bits per heavy atom. The lowest BCUT2D eigenvalue weighted by Crippen LogP contribution is -2.02. The molecule has 0 aliphatic carbocycles. The summed E-state index contributed by atoms with van der Waals surface area (Å²) in [5.74, 6) is 0.0487. The number of nitrogens with zero attached hydrogens (tertiary/aromatic N) is 3. The van der Waals surface area contributed by atoms with Gasteiger partial charge in [0.15, 0.2) is 5.82 Å². The highest BCUT2D eigenvalue weighted by Crippen LogP contribution is 2.19. The molecular weight excluding hydrogens is 229 g/mol. The van der Waals surface area contributed by atoms with Crippen molar-refractivity contribution < 1.29 is 4.39 Å². The number of halogens is 1. The molecule has 0 amide bonds. The molecule has 90 valence electrons.